The van der Waals surface area contributed by atoms with Gasteiger partial charge in [-0.2, -0.15) is 4.98 Å². The van der Waals surface area contributed by atoms with Gasteiger partial charge >= 0.3 is 5.97 Å². The minimum atomic E-state index is -0.378. The average Bonchev–Trinajstić information content (AvgIpc) is 3.27. The van der Waals surface area contributed by atoms with Crippen molar-refractivity contribution in [1.29, 1.82) is 0 Å². The topological polar surface area (TPSA) is 87.3 Å². The Morgan fingerprint density at radius 2 is 1.81 bits per heavy atom. The summed E-state index contributed by atoms with van der Waals surface area (Å²) in [5.41, 5.74) is 1.47. The molecule has 8 heteroatoms. The molecular weight excluding hydrogens is 401 g/mol. The molecule has 0 aliphatic heterocycles. The van der Waals surface area contributed by atoms with E-state index in [0.717, 1.165) is 5.56 Å². The summed E-state index contributed by atoms with van der Waals surface area (Å²) < 4.78 is 29.1. The molecule has 31 heavy (non-hydrogen) atoms. The molecule has 0 spiro atoms. The first-order valence-corrected chi connectivity index (χ1v) is 9.57. The van der Waals surface area contributed by atoms with Crippen molar-refractivity contribution in [3.8, 4) is 22.9 Å². The standard InChI is InChI=1S/C23H18FN3O4/c24-18-7-5-17(6-8-18)23-26-21(31-27-23)11-12-22(28)29-15-16-3-9-19(10-4-16)30-20-2-1-13-25-14-20/h1-10,13-14H,11-12,15H2. The van der Waals surface area contributed by atoms with Gasteiger partial charge in [0.25, 0.3) is 0 Å². The van der Waals surface area contributed by atoms with Gasteiger partial charge in [0.2, 0.25) is 11.7 Å². The summed E-state index contributed by atoms with van der Waals surface area (Å²) >= 11 is 0. The molecule has 0 N–H and O–H groups in total. The molecule has 0 saturated heterocycles. The lowest BCUT2D eigenvalue weighted by molar-refractivity contribution is -0.145. The van der Waals surface area contributed by atoms with Crippen molar-refractivity contribution in [3.63, 3.8) is 0 Å². The van der Waals surface area contributed by atoms with Crippen LogP contribution in [0.15, 0.2) is 77.6 Å². The summed E-state index contributed by atoms with van der Waals surface area (Å²) in [4.78, 5) is 20.2. The Kier molecular flexibility index (Phi) is 6.27. The van der Waals surface area contributed by atoms with Gasteiger partial charge in [-0.15, -0.1) is 0 Å². The zero-order chi connectivity index (χ0) is 21.5. The highest BCUT2D eigenvalue weighted by atomic mass is 19.1. The van der Waals surface area contributed by atoms with Gasteiger partial charge in [0.15, 0.2) is 0 Å². The first-order valence-electron chi connectivity index (χ1n) is 9.57. The molecule has 0 unspecified atom stereocenters. The van der Waals surface area contributed by atoms with Crippen LogP contribution in [0, 0.1) is 5.82 Å². The third kappa shape index (κ3) is 5.72. The Bertz CT molecular complexity index is 1130. The van der Waals surface area contributed by atoms with E-state index in [9.17, 15) is 9.18 Å². The molecule has 0 bridgehead atoms. The number of hydrogen-bond acceptors (Lipinski definition) is 7. The summed E-state index contributed by atoms with van der Waals surface area (Å²) in [7, 11) is 0. The quantitative estimate of drug-likeness (QED) is 0.381. The molecule has 2 aromatic heterocycles. The van der Waals surface area contributed by atoms with Gasteiger partial charge in [-0.1, -0.05) is 17.3 Å². The minimum Gasteiger partial charge on any atom is -0.461 e. The maximum Gasteiger partial charge on any atom is 0.306 e. The Hall–Kier alpha value is -4.07. The normalized spacial score (nSPS) is 10.6. The predicted molar refractivity (Wildman–Crippen MR) is 109 cm³/mol. The maximum atomic E-state index is 13.0. The fraction of sp³-hybridized carbons (Fsp3) is 0.130. The molecule has 0 saturated carbocycles. The summed E-state index contributed by atoms with van der Waals surface area (Å²) in [5.74, 6) is 1.25. The van der Waals surface area contributed by atoms with E-state index in [2.05, 4.69) is 15.1 Å². The molecule has 2 aromatic carbocycles. The second-order valence-corrected chi connectivity index (χ2v) is 6.61. The monoisotopic (exact) mass is 419 g/mol. The summed E-state index contributed by atoms with van der Waals surface area (Å²) in [6.45, 7) is 0.149. The number of carbonyl (C=O) groups is 1. The molecule has 7 nitrogen and oxygen atoms in total. The van der Waals surface area contributed by atoms with Crippen LogP contribution in [0.4, 0.5) is 4.39 Å². The highest BCUT2D eigenvalue weighted by molar-refractivity contribution is 5.69. The summed E-state index contributed by atoms with van der Waals surface area (Å²) in [5, 5.41) is 3.85. The number of ether oxygens (including phenoxy) is 2. The van der Waals surface area contributed by atoms with Gasteiger partial charge in [0.1, 0.15) is 23.9 Å². The molecule has 0 atom stereocenters. The summed E-state index contributed by atoms with van der Waals surface area (Å²) in [6, 6.07) is 16.6. The van der Waals surface area contributed by atoms with E-state index in [1.165, 1.54) is 12.1 Å². The minimum absolute atomic E-state index is 0.104. The van der Waals surface area contributed by atoms with Gasteiger partial charge in [0.05, 0.1) is 12.6 Å². The van der Waals surface area contributed by atoms with Crippen LogP contribution in [-0.4, -0.2) is 21.1 Å². The fourth-order valence-corrected chi connectivity index (χ4v) is 2.71. The molecule has 2 heterocycles. The molecule has 156 valence electrons. The van der Waals surface area contributed by atoms with Crippen molar-refractivity contribution >= 4 is 5.97 Å². The molecule has 0 aliphatic carbocycles. The van der Waals surface area contributed by atoms with Gasteiger partial charge < -0.3 is 14.0 Å². The van der Waals surface area contributed by atoms with Gasteiger partial charge in [-0.05, 0) is 54.1 Å². The Morgan fingerprint density at radius 1 is 1.00 bits per heavy atom. The molecule has 4 rings (SSSR count). The van der Waals surface area contributed by atoms with Crippen molar-refractivity contribution in [2.45, 2.75) is 19.4 Å². The molecule has 0 radical (unpaired) electrons. The van der Waals surface area contributed by atoms with Crippen LogP contribution in [0.1, 0.15) is 17.9 Å². The first-order chi connectivity index (χ1) is 15.2. The van der Waals surface area contributed by atoms with Crippen molar-refractivity contribution in [1.82, 2.24) is 15.1 Å². The van der Waals surface area contributed by atoms with Crippen molar-refractivity contribution < 1.29 is 23.2 Å². The van der Waals surface area contributed by atoms with Crippen LogP contribution >= 0.6 is 0 Å². The van der Waals surface area contributed by atoms with Gasteiger partial charge in [-0.25, -0.2) is 4.39 Å². The highest BCUT2D eigenvalue weighted by Crippen LogP contribution is 2.21. The van der Waals surface area contributed by atoms with Crippen LogP contribution in [0.3, 0.4) is 0 Å². The van der Waals surface area contributed by atoms with Crippen molar-refractivity contribution in [3.05, 3.63) is 90.3 Å². The predicted octanol–water partition coefficient (Wildman–Crippen LogP) is 4.74. The Labute approximate surface area is 177 Å². The number of pyridine rings is 1. The second-order valence-electron chi connectivity index (χ2n) is 6.61. The van der Waals surface area contributed by atoms with Crippen molar-refractivity contribution in [2.24, 2.45) is 0 Å². The number of benzene rings is 2. The zero-order valence-corrected chi connectivity index (χ0v) is 16.4. The van der Waals surface area contributed by atoms with Gasteiger partial charge in [-0.3, -0.25) is 9.78 Å². The lowest BCUT2D eigenvalue weighted by atomic mass is 10.2. The van der Waals surface area contributed by atoms with E-state index >= 15 is 0 Å². The average molecular weight is 419 g/mol. The van der Waals surface area contributed by atoms with Crippen LogP contribution in [-0.2, 0) is 22.6 Å². The number of nitrogens with zero attached hydrogens (tertiary/aromatic N) is 3. The molecular formula is C23H18FN3O4. The number of hydrogen-bond donors (Lipinski definition) is 0. The lowest BCUT2D eigenvalue weighted by Gasteiger charge is -2.07. The second kappa shape index (κ2) is 9.62. The van der Waals surface area contributed by atoms with E-state index in [1.807, 2.05) is 18.2 Å². The number of esters is 1. The van der Waals surface area contributed by atoms with Crippen LogP contribution in [0.2, 0.25) is 0 Å². The van der Waals surface area contributed by atoms with Crippen molar-refractivity contribution in [2.75, 3.05) is 0 Å². The smallest absolute Gasteiger partial charge is 0.306 e. The Balaban J connectivity index is 1.23. The molecule has 4 aromatic rings. The lowest BCUT2D eigenvalue weighted by Crippen LogP contribution is -2.06. The number of carbonyl (C=O) groups excluding carboxylic acids is 1. The molecule has 0 amide bonds. The Morgan fingerprint density at radius 3 is 2.55 bits per heavy atom. The van der Waals surface area contributed by atoms with E-state index in [-0.39, 0.29) is 31.2 Å². The maximum absolute atomic E-state index is 13.0. The van der Waals surface area contributed by atoms with Crippen LogP contribution in [0.25, 0.3) is 11.4 Å². The third-order valence-corrected chi connectivity index (χ3v) is 4.31. The number of rotatable bonds is 8. The number of aryl methyl sites for hydroxylation is 1. The fourth-order valence-electron chi connectivity index (χ4n) is 2.71. The SMILES string of the molecule is O=C(CCc1nc(-c2ccc(F)cc2)no1)OCc1ccc(Oc2cccnc2)cc1. The molecule has 0 aliphatic rings. The van der Waals surface area contributed by atoms with Crippen LogP contribution in [0.5, 0.6) is 11.5 Å². The van der Waals surface area contributed by atoms with Gasteiger partial charge in [0, 0.05) is 18.2 Å². The van der Waals surface area contributed by atoms with E-state index < -0.39 is 0 Å². The van der Waals surface area contributed by atoms with E-state index in [0.29, 0.717) is 28.8 Å². The third-order valence-electron chi connectivity index (χ3n) is 4.31. The largest absolute Gasteiger partial charge is 0.461 e. The molecule has 0 fully saturated rings. The zero-order valence-electron chi connectivity index (χ0n) is 16.4. The van der Waals surface area contributed by atoms with Crippen LogP contribution < -0.4 is 4.74 Å². The number of halogens is 1. The van der Waals surface area contributed by atoms with E-state index in [1.54, 1.807) is 42.7 Å². The highest BCUT2D eigenvalue weighted by Gasteiger charge is 2.12. The first kappa shape index (κ1) is 20.2. The van der Waals surface area contributed by atoms with E-state index in [4.69, 9.17) is 14.0 Å². The summed E-state index contributed by atoms with van der Waals surface area (Å²) in [6.07, 6.45) is 3.66. The number of aromatic nitrogens is 3.